The highest BCUT2D eigenvalue weighted by Gasteiger charge is 2.17. The zero-order valence-corrected chi connectivity index (χ0v) is 10.6. The number of imidazole rings is 1. The average molecular weight is 258 g/mol. The fourth-order valence-corrected chi connectivity index (χ4v) is 2.17. The minimum atomic E-state index is -0.611. The van der Waals surface area contributed by atoms with Crippen molar-refractivity contribution in [3.05, 3.63) is 53.1 Å². The van der Waals surface area contributed by atoms with Crippen LogP contribution in [-0.2, 0) is 0 Å². The summed E-state index contributed by atoms with van der Waals surface area (Å²) in [5.74, 6) is -0.959. The summed E-state index contributed by atoms with van der Waals surface area (Å²) in [6.45, 7) is 3.52. The number of nitrogens with zero attached hydrogens (tertiary/aromatic N) is 1. The number of benzene rings is 2. The lowest BCUT2D eigenvalue weighted by atomic mass is 10.1. The van der Waals surface area contributed by atoms with Gasteiger partial charge in [-0.25, -0.2) is 13.8 Å². The van der Waals surface area contributed by atoms with Crippen LogP contribution in [0.15, 0.2) is 30.3 Å². The third kappa shape index (κ3) is 1.80. The summed E-state index contributed by atoms with van der Waals surface area (Å²) < 4.78 is 27.9. The Morgan fingerprint density at radius 1 is 1.00 bits per heavy atom. The van der Waals surface area contributed by atoms with Gasteiger partial charge in [0.05, 0.1) is 16.6 Å². The summed E-state index contributed by atoms with van der Waals surface area (Å²) in [4.78, 5) is 7.28. The summed E-state index contributed by atoms with van der Waals surface area (Å²) in [5.41, 5.74) is 2.77. The van der Waals surface area contributed by atoms with Gasteiger partial charge in [0.15, 0.2) is 0 Å². The molecular formula is C15H12F2N2. The van der Waals surface area contributed by atoms with Crippen molar-refractivity contribution in [2.24, 2.45) is 0 Å². The molecule has 0 unspecified atom stereocenters. The van der Waals surface area contributed by atoms with Crippen molar-refractivity contribution in [1.82, 2.24) is 9.97 Å². The molecule has 0 saturated carbocycles. The van der Waals surface area contributed by atoms with E-state index in [0.29, 0.717) is 5.56 Å². The van der Waals surface area contributed by atoms with E-state index in [1.54, 1.807) is 6.92 Å². The smallest absolute Gasteiger partial charge is 0.144 e. The first-order chi connectivity index (χ1) is 9.08. The van der Waals surface area contributed by atoms with Crippen LogP contribution in [0.3, 0.4) is 0 Å². The number of rotatable bonds is 1. The summed E-state index contributed by atoms with van der Waals surface area (Å²) in [6, 6.07) is 8.30. The summed E-state index contributed by atoms with van der Waals surface area (Å²) in [6.07, 6.45) is 0. The molecule has 19 heavy (non-hydrogen) atoms. The number of halogens is 2. The molecule has 0 aliphatic carbocycles. The third-order valence-corrected chi connectivity index (χ3v) is 3.24. The van der Waals surface area contributed by atoms with E-state index < -0.39 is 11.6 Å². The van der Waals surface area contributed by atoms with Crippen LogP contribution in [-0.4, -0.2) is 9.97 Å². The average Bonchev–Trinajstić information content (AvgIpc) is 2.80. The van der Waals surface area contributed by atoms with Crippen LogP contribution in [0.25, 0.3) is 22.4 Å². The second-order valence-corrected chi connectivity index (χ2v) is 4.61. The first-order valence-corrected chi connectivity index (χ1v) is 5.98. The summed E-state index contributed by atoms with van der Waals surface area (Å²) in [7, 11) is 0. The molecule has 2 nitrogen and oxygen atoms in total. The van der Waals surface area contributed by atoms with Crippen molar-refractivity contribution >= 4 is 11.0 Å². The molecule has 0 aliphatic rings. The molecule has 0 atom stereocenters. The van der Waals surface area contributed by atoms with Gasteiger partial charge >= 0.3 is 0 Å². The van der Waals surface area contributed by atoms with Gasteiger partial charge in [0.1, 0.15) is 17.5 Å². The summed E-state index contributed by atoms with van der Waals surface area (Å²) in [5, 5.41) is 0. The lowest BCUT2D eigenvalue weighted by Crippen LogP contribution is -1.94. The molecule has 1 N–H and O–H groups in total. The second-order valence-electron chi connectivity index (χ2n) is 4.61. The normalized spacial score (nSPS) is 11.2. The van der Waals surface area contributed by atoms with Crippen LogP contribution in [0.1, 0.15) is 11.1 Å². The minimum Gasteiger partial charge on any atom is -0.338 e. The molecule has 0 radical (unpaired) electrons. The quantitative estimate of drug-likeness (QED) is 0.698. The van der Waals surface area contributed by atoms with Gasteiger partial charge in [0, 0.05) is 0 Å². The maximum atomic E-state index is 14.1. The number of hydrogen-bond donors (Lipinski definition) is 1. The Morgan fingerprint density at radius 2 is 1.79 bits per heavy atom. The van der Waals surface area contributed by atoms with E-state index in [9.17, 15) is 8.78 Å². The fourth-order valence-electron chi connectivity index (χ4n) is 2.17. The summed E-state index contributed by atoms with van der Waals surface area (Å²) >= 11 is 0. The first kappa shape index (κ1) is 11.8. The van der Waals surface area contributed by atoms with Crippen molar-refractivity contribution in [2.75, 3.05) is 0 Å². The predicted octanol–water partition coefficient (Wildman–Crippen LogP) is 4.12. The van der Waals surface area contributed by atoms with Crippen LogP contribution in [0.2, 0.25) is 0 Å². The van der Waals surface area contributed by atoms with E-state index in [1.165, 1.54) is 12.1 Å². The second kappa shape index (κ2) is 4.16. The van der Waals surface area contributed by atoms with Crippen molar-refractivity contribution in [1.29, 1.82) is 0 Å². The largest absolute Gasteiger partial charge is 0.338 e. The SMILES string of the molecule is Cc1ccc(F)c(-c2nc3c(C)cccc3[nH]2)c1F. The first-order valence-electron chi connectivity index (χ1n) is 5.98. The molecule has 0 fully saturated rings. The monoisotopic (exact) mass is 258 g/mol. The van der Waals surface area contributed by atoms with Crippen molar-refractivity contribution < 1.29 is 8.78 Å². The van der Waals surface area contributed by atoms with Gasteiger partial charge in [0.25, 0.3) is 0 Å². The Kier molecular flexibility index (Phi) is 2.59. The Morgan fingerprint density at radius 3 is 2.53 bits per heavy atom. The number of aryl methyl sites for hydroxylation is 2. The van der Waals surface area contributed by atoms with Gasteiger partial charge < -0.3 is 4.98 Å². The molecule has 0 aliphatic heterocycles. The van der Waals surface area contributed by atoms with E-state index in [2.05, 4.69) is 9.97 Å². The van der Waals surface area contributed by atoms with Crippen molar-refractivity contribution in [3.63, 3.8) is 0 Å². The maximum absolute atomic E-state index is 14.1. The van der Waals surface area contributed by atoms with Gasteiger partial charge in [-0.15, -0.1) is 0 Å². The Balaban J connectivity index is 2.31. The fraction of sp³-hybridized carbons (Fsp3) is 0.133. The van der Waals surface area contributed by atoms with Crippen LogP contribution in [0.5, 0.6) is 0 Å². The molecule has 0 spiro atoms. The van der Waals surface area contributed by atoms with Gasteiger partial charge in [-0.1, -0.05) is 18.2 Å². The molecule has 3 rings (SSSR count). The van der Waals surface area contributed by atoms with Gasteiger partial charge in [-0.2, -0.15) is 0 Å². The number of fused-ring (bicyclic) bond motifs is 1. The lowest BCUT2D eigenvalue weighted by Gasteiger charge is -2.03. The molecule has 1 heterocycles. The van der Waals surface area contributed by atoms with E-state index in [4.69, 9.17) is 0 Å². The lowest BCUT2D eigenvalue weighted by molar-refractivity contribution is 0.582. The molecule has 1 aromatic heterocycles. The molecular weight excluding hydrogens is 246 g/mol. The molecule has 0 saturated heterocycles. The Hall–Kier alpha value is -2.23. The van der Waals surface area contributed by atoms with Crippen molar-refractivity contribution in [2.45, 2.75) is 13.8 Å². The highest BCUT2D eigenvalue weighted by Crippen LogP contribution is 2.28. The standard InChI is InChI=1S/C15H12F2N2/c1-8-6-7-10(16)12(13(8)17)15-18-11-5-3-4-9(2)14(11)19-15/h3-7H,1-2H3,(H,18,19). The minimum absolute atomic E-state index is 0.101. The Labute approximate surface area is 109 Å². The molecule has 2 aromatic carbocycles. The van der Waals surface area contributed by atoms with E-state index in [-0.39, 0.29) is 11.4 Å². The number of nitrogens with one attached hydrogen (secondary N) is 1. The number of aromatic nitrogens is 2. The van der Waals surface area contributed by atoms with Gasteiger partial charge in [-0.05, 0) is 37.1 Å². The van der Waals surface area contributed by atoms with Crippen molar-refractivity contribution in [3.8, 4) is 11.4 Å². The van der Waals surface area contributed by atoms with Crippen LogP contribution < -0.4 is 0 Å². The number of hydrogen-bond acceptors (Lipinski definition) is 1. The van der Waals surface area contributed by atoms with E-state index in [0.717, 1.165) is 16.6 Å². The Bertz CT molecular complexity index is 775. The predicted molar refractivity (Wildman–Crippen MR) is 70.9 cm³/mol. The van der Waals surface area contributed by atoms with Gasteiger partial charge in [0.2, 0.25) is 0 Å². The molecule has 3 aromatic rings. The van der Waals surface area contributed by atoms with E-state index in [1.807, 2.05) is 25.1 Å². The number of H-pyrrole nitrogens is 1. The van der Waals surface area contributed by atoms with Gasteiger partial charge in [-0.3, -0.25) is 0 Å². The highest BCUT2D eigenvalue weighted by molar-refractivity contribution is 5.82. The number of para-hydroxylation sites is 1. The number of aromatic amines is 1. The van der Waals surface area contributed by atoms with Crippen LogP contribution in [0.4, 0.5) is 8.78 Å². The maximum Gasteiger partial charge on any atom is 0.144 e. The molecule has 4 heteroatoms. The highest BCUT2D eigenvalue weighted by atomic mass is 19.1. The topological polar surface area (TPSA) is 28.7 Å². The van der Waals surface area contributed by atoms with E-state index >= 15 is 0 Å². The molecule has 0 amide bonds. The van der Waals surface area contributed by atoms with Crippen LogP contribution >= 0.6 is 0 Å². The zero-order chi connectivity index (χ0) is 13.6. The third-order valence-electron chi connectivity index (χ3n) is 3.24. The van der Waals surface area contributed by atoms with Crippen LogP contribution in [0, 0.1) is 25.5 Å². The molecule has 96 valence electrons. The molecule has 0 bridgehead atoms. The zero-order valence-electron chi connectivity index (χ0n) is 10.6.